The number of amides is 4. The maximum absolute atomic E-state index is 14.9. The van der Waals surface area contributed by atoms with Gasteiger partial charge in [-0.3, -0.25) is 29.4 Å². The molecule has 2 saturated heterocycles. The second-order valence-corrected chi connectivity index (χ2v) is 12.3. The van der Waals surface area contributed by atoms with Gasteiger partial charge in [0.2, 0.25) is 17.7 Å². The molecule has 8 heteroatoms. The second-order valence-electron chi connectivity index (χ2n) is 12.3. The van der Waals surface area contributed by atoms with Crippen molar-refractivity contribution in [2.75, 3.05) is 22.9 Å². The van der Waals surface area contributed by atoms with E-state index < -0.39 is 23.4 Å². The van der Waals surface area contributed by atoms with Crippen molar-refractivity contribution in [3.05, 3.63) is 131 Å². The molecule has 4 unspecified atom stereocenters. The van der Waals surface area contributed by atoms with Crippen LogP contribution in [-0.2, 0) is 44.1 Å². The van der Waals surface area contributed by atoms with Crippen molar-refractivity contribution in [1.29, 1.82) is 0 Å². The van der Waals surface area contributed by atoms with Gasteiger partial charge in [-0.25, -0.2) is 0 Å². The molecule has 4 aromatic rings. The molecule has 2 fully saturated rings. The molecule has 4 aromatic carbocycles. The van der Waals surface area contributed by atoms with E-state index >= 15 is 0 Å². The number of hydrogen-bond donors (Lipinski definition) is 1. The molecule has 0 radical (unpaired) electrons. The first-order chi connectivity index (χ1) is 22.0. The Balaban J connectivity index is 1.19. The molecular formula is C37H32N4O4. The lowest BCUT2D eigenvalue weighted by atomic mass is 9.76. The minimum atomic E-state index is -1.47. The number of nitrogens with one attached hydrogen (secondary N) is 1. The molecule has 8 nitrogen and oxygen atoms in total. The van der Waals surface area contributed by atoms with Crippen LogP contribution in [0.2, 0.25) is 0 Å². The average Bonchev–Trinajstić information content (AvgIpc) is 3.78. The first-order valence-electron chi connectivity index (χ1n) is 15.5. The van der Waals surface area contributed by atoms with Crippen LogP contribution < -0.4 is 15.1 Å². The molecule has 0 bridgehead atoms. The average molecular weight is 597 g/mol. The minimum absolute atomic E-state index is 0.145. The highest BCUT2D eigenvalue weighted by molar-refractivity contribution is 6.18. The molecule has 4 aliphatic rings. The van der Waals surface area contributed by atoms with E-state index in [0.29, 0.717) is 24.2 Å². The molecule has 0 aliphatic carbocycles. The highest BCUT2D eigenvalue weighted by Crippen LogP contribution is 2.55. The normalized spacial score (nSPS) is 24.8. The molecule has 224 valence electrons. The summed E-state index contributed by atoms with van der Waals surface area (Å²) >= 11 is 0. The number of carbonyl (C=O) groups excluding carboxylic acids is 4. The Bertz CT molecular complexity index is 1840. The van der Waals surface area contributed by atoms with E-state index in [2.05, 4.69) is 5.32 Å². The van der Waals surface area contributed by atoms with Gasteiger partial charge in [-0.2, -0.15) is 0 Å². The molecule has 0 saturated carbocycles. The lowest BCUT2D eigenvalue weighted by Crippen LogP contribution is -2.56. The number of carbonyl (C=O) groups is 4. The number of hydrogen-bond acceptors (Lipinski definition) is 5. The Labute approximate surface area is 261 Å². The van der Waals surface area contributed by atoms with E-state index in [0.717, 1.165) is 28.8 Å². The van der Waals surface area contributed by atoms with Gasteiger partial charge in [-0.05, 0) is 41.7 Å². The van der Waals surface area contributed by atoms with Crippen molar-refractivity contribution < 1.29 is 19.2 Å². The molecule has 8 rings (SSSR count). The molecule has 4 atom stereocenters. The van der Waals surface area contributed by atoms with Crippen LogP contribution >= 0.6 is 0 Å². The zero-order valence-electron chi connectivity index (χ0n) is 24.6. The number of nitrogens with zero attached hydrogens (tertiary/aromatic N) is 3. The zero-order valence-corrected chi connectivity index (χ0v) is 24.6. The lowest BCUT2D eigenvalue weighted by Gasteiger charge is -2.31. The van der Waals surface area contributed by atoms with Crippen LogP contribution in [0.5, 0.6) is 0 Å². The Kier molecular flexibility index (Phi) is 6.42. The number of para-hydroxylation sites is 2. The Morgan fingerprint density at radius 2 is 1.38 bits per heavy atom. The van der Waals surface area contributed by atoms with Crippen LogP contribution in [-0.4, -0.2) is 47.7 Å². The monoisotopic (exact) mass is 596 g/mol. The van der Waals surface area contributed by atoms with Gasteiger partial charge in [0.15, 0.2) is 0 Å². The molecule has 4 aliphatic heterocycles. The Morgan fingerprint density at radius 3 is 2.13 bits per heavy atom. The van der Waals surface area contributed by atoms with Crippen molar-refractivity contribution in [3.8, 4) is 0 Å². The van der Waals surface area contributed by atoms with E-state index in [1.165, 1.54) is 9.80 Å². The quantitative estimate of drug-likeness (QED) is 0.342. The van der Waals surface area contributed by atoms with Crippen molar-refractivity contribution in [2.45, 2.75) is 31.0 Å². The number of rotatable bonds is 6. The largest absolute Gasteiger partial charge is 0.310 e. The van der Waals surface area contributed by atoms with E-state index in [4.69, 9.17) is 0 Å². The van der Waals surface area contributed by atoms with E-state index in [1.54, 1.807) is 4.90 Å². The van der Waals surface area contributed by atoms with Crippen LogP contribution in [0.25, 0.3) is 0 Å². The predicted octanol–water partition coefficient (Wildman–Crippen LogP) is 3.83. The minimum Gasteiger partial charge on any atom is -0.310 e. The molecule has 0 aromatic heterocycles. The smallest absolute Gasteiger partial charge is 0.253 e. The molecule has 4 amide bonds. The summed E-state index contributed by atoms with van der Waals surface area (Å²) < 4.78 is 0. The topological polar surface area (TPSA) is 90.0 Å². The summed E-state index contributed by atoms with van der Waals surface area (Å²) in [6, 6.07) is 34.0. The standard InChI is InChI=1S/C37H32N4O4/c42-31(39-20-19-26-15-7-9-17-29(26)39)23-40-30-18-10-8-16-27(30)37(36(40)45)33-32(28(38-37)21-24-11-3-1-4-12-24)34(43)41(35(33)44)22-25-13-5-2-6-14-25/h1-18,28,32-33,38H,19-23H2. The summed E-state index contributed by atoms with van der Waals surface area (Å²) in [6.07, 6.45) is 1.23. The fraction of sp³-hybridized carbons (Fsp3) is 0.243. The van der Waals surface area contributed by atoms with Crippen LogP contribution in [0.3, 0.4) is 0 Å². The highest BCUT2D eigenvalue weighted by atomic mass is 16.2. The van der Waals surface area contributed by atoms with Gasteiger partial charge >= 0.3 is 0 Å². The second kappa shape index (κ2) is 10.5. The van der Waals surface area contributed by atoms with Crippen LogP contribution in [0.15, 0.2) is 109 Å². The first-order valence-corrected chi connectivity index (χ1v) is 15.5. The van der Waals surface area contributed by atoms with Gasteiger partial charge < -0.3 is 9.80 Å². The number of fused-ring (bicyclic) bond motifs is 5. The summed E-state index contributed by atoms with van der Waals surface area (Å²) in [6.45, 7) is 0.535. The van der Waals surface area contributed by atoms with Gasteiger partial charge in [0.1, 0.15) is 12.1 Å². The summed E-state index contributed by atoms with van der Waals surface area (Å²) in [5, 5.41) is 3.57. The number of anilines is 2. The summed E-state index contributed by atoms with van der Waals surface area (Å²) in [5.41, 5.74) is 3.58. The van der Waals surface area contributed by atoms with E-state index in [1.807, 2.05) is 109 Å². The van der Waals surface area contributed by atoms with Crippen LogP contribution in [0.1, 0.15) is 22.3 Å². The number of likely N-dealkylation sites (tertiary alicyclic amines) is 1. The number of imide groups is 1. The Morgan fingerprint density at radius 1 is 0.733 bits per heavy atom. The van der Waals surface area contributed by atoms with Crippen molar-refractivity contribution in [1.82, 2.24) is 10.2 Å². The Hall–Kier alpha value is -5.08. The van der Waals surface area contributed by atoms with Gasteiger partial charge in [-0.1, -0.05) is 97.1 Å². The number of benzene rings is 4. The third-order valence-electron chi connectivity index (χ3n) is 9.92. The lowest BCUT2D eigenvalue weighted by molar-refractivity contribution is -0.143. The molecule has 4 heterocycles. The van der Waals surface area contributed by atoms with Crippen LogP contribution in [0.4, 0.5) is 11.4 Å². The van der Waals surface area contributed by atoms with Crippen molar-refractivity contribution >= 4 is 35.0 Å². The summed E-state index contributed by atoms with van der Waals surface area (Å²) in [5.74, 6) is -2.86. The fourth-order valence-corrected chi connectivity index (χ4v) is 7.95. The van der Waals surface area contributed by atoms with Crippen LogP contribution in [0, 0.1) is 11.8 Å². The molecule has 1 spiro atoms. The summed E-state index contributed by atoms with van der Waals surface area (Å²) in [4.78, 5) is 61.9. The van der Waals surface area contributed by atoms with E-state index in [-0.39, 0.29) is 36.7 Å². The first kappa shape index (κ1) is 27.5. The molecule has 45 heavy (non-hydrogen) atoms. The zero-order chi connectivity index (χ0) is 30.7. The van der Waals surface area contributed by atoms with E-state index in [9.17, 15) is 19.2 Å². The third kappa shape index (κ3) is 4.16. The van der Waals surface area contributed by atoms with Gasteiger partial charge in [0.25, 0.3) is 5.91 Å². The van der Waals surface area contributed by atoms with Crippen molar-refractivity contribution in [2.24, 2.45) is 11.8 Å². The summed E-state index contributed by atoms with van der Waals surface area (Å²) in [7, 11) is 0. The van der Waals surface area contributed by atoms with Gasteiger partial charge in [0.05, 0.1) is 18.4 Å². The maximum atomic E-state index is 14.9. The van der Waals surface area contributed by atoms with Crippen molar-refractivity contribution in [3.63, 3.8) is 0 Å². The third-order valence-corrected chi connectivity index (χ3v) is 9.92. The van der Waals surface area contributed by atoms with Gasteiger partial charge in [-0.15, -0.1) is 0 Å². The fourth-order valence-electron chi connectivity index (χ4n) is 7.95. The molecule has 1 N–H and O–H groups in total. The highest BCUT2D eigenvalue weighted by Gasteiger charge is 2.71. The molecular weight excluding hydrogens is 564 g/mol. The maximum Gasteiger partial charge on any atom is 0.253 e. The SMILES string of the molecule is O=C1C2C(Cc3ccccc3)NC3(C(=O)N(CC(=O)N4CCc5ccccc54)c4ccccc43)C2C(=O)N1Cc1ccccc1. The predicted molar refractivity (Wildman–Crippen MR) is 169 cm³/mol. The van der Waals surface area contributed by atoms with Gasteiger partial charge in [0, 0.05) is 29.5 Å².